The Labute approximate surface area is 276 Å². The van der Waals surface area contributed by atoms with Crippen molar-refractivity contribution in [3.8, 4) is 11.5 Å². The lowest BCUT2D eigenvalue weighted by atomic mass is 10.1. The van der Waals surface area contributed by atoms with Gasteiger partial charge in [-0.2, -0.15) is 0 Å². The Morgan fingerprint density at radius 3 is 2.09 bits per heavy atom. The first-order chi connectivity index (χ1) is 22.8. The monoisotopic (exact) mass is 654 g/mol. The minimum atomic E-state index is -0.604. The molecule has 5 aromatic rings. The van der Waals surface area contributed by atoms with Crippen LogP contribution in [0.5, 0.6) is 11.5 Å². The molecule has 0 saturated carbocycles. The molecule has 0 saturated heterocycles. The number of carbonyl (C=O) groups excluding carboxylic acids is 2. The molecule has 242 valence electrons. The molecule has 0 unspecified atom stereocenters. The van der Waals surface area contributed by atoms with Crippen molar-refractivity contribution >= 4 is 34.3 Å². The molecule has 0 spiro atoms. The number of hydrogen-bond acceptors (Lipinski definition) is 6. The predicted octanol–water partition coefficient (Wildman–Crippen LogP) is 4.21. The molecule has 2 N–H and O–H groups in total. The average Bonchev–Trinajstić information content (AvgIpc) is 3.09. The summed E-state index contributed by atoms with van der Waals surface area (Å²) in [6, 6.07) is 26.4. The van der Waals surface area contributed by atoms with E-state index >= 15 is 0 Å². The molecule has 11 heteroatoms. The van der Waals surface area contributed by atoms with Gasteiger partial charge in [0.15, 0.2) is 11.5 Å². The van der Waals surface area contributed by atoms with Gasteiger partial charge in [-0.05, 0) is 78.1 Å². The first-order valence-corrected chi connectivity index (χ1v) is 15.5. The number of hydrogen-bond donors (Lipinski definition) is 2. The van der Waals surface area contributed by atoms with Gasteiger partial charge in [-0.15, -0.1) is 0 Å². The van der Waals surface area contributed by atoms with Crippen molar-refractivity contribution in [1.29, 1.82) is 0 Å². The lowest BCUT2D eigenvalue weighted by Gasteiger charge is -2.15. The van der Waals surface area contributed by atoms with Crippen molar-refractivity contribution < 1.29 is 19.1 Å². The molecule has 0 bridgehead atoms. The molecule has 0 aliphatic carbocycles. The van der Waals surface area contributed by atoms with Crippen LogP contribution >= 0.6 is 11.6 Å². The molecule has 1 heterocycles. The van der Waals surface area contributed by atoms with Gasteiger partial charge in [0, 0.05) is 23.7 Å². The maximum Gasteiger partial charge on any atom is 0.332 e. The number of halogens is 1. The molecular weight excluding hydrogens is 620 g/mol. The van der Waals surface area contributed by atoms with Gasteiger partial charge in [-0.25, -0.2) is 4.79 Å². The van der Waals surface area contributed by atoms with Crippen molar-refractivity contribution in [2.24, 2.45) is 0 Å². The van der Waals surface area contributed by atoms with E-state index in [2.05, 4.69) is 10.6 Å². The molecule has 4 aromatic carbocycles. The standard InChI is InChI=1S/C36H35ClN4O6/c1-46-31-16-11-25(21-32(31)47-2)18-19-38-33(42)23-40-30-6-4-3-5-29(30)35(44)41(36(40)45)22-26-7-12-27(13-8-26)34(43)39-20-17-24-9-14-28(37)15-10-24/h3-16,21H,17-20,22-23H2,1-2H3,(H,38,42)(H,39,43). The summed E-state index contributed by atoms with van der Waals surface area (Å²) in [7, 11) is 3.13. The van der Waals surface area contributed by atoms with Crippen LogP contribution in [-0.4, -0.2) is 48.3 Å². The van der Waals surface area contributed by atoms with E-state index in [0.717, 1.165) is 15.7 Å². The minimum absolute atomic E-state index is 0.0259. The Bertz CT molecular complexity index is 2000. The van der Waals surface area contributed by atoms with Crippen LogP contribution in [0.3, 0.4) is 0 Å². The van der Waals surface area contributed by atoms with E-state index in [9.17, 15) is 19.2 Å². The van der Waals surface area contributed by atoms with Crippen LogP contribution < -0.4 is 31.4 Å². The van der Waals surface area contributed by atoms with Gasteiger partial charge < -0.3 is 20.1 Å². The third-order valence-electron chi connectivity index (χ3n) is 7.79. The first-order valence-electron chi connectivity index (χ1n) is 15.1. The molecule has 0 fully saturated rings. The molecule has 0 aliphatic heterocycles. The average molecular weight is 655 g/mol. The minimum Gasteiger partial charge on any atom is -0.493 e. The van der Waals surface area contributed by atoms with Gasteiger partial charge in [0.2, 0.25) is 5.91 Å². The maximum atomic E-state index is 13.6. The predicted molar refractivity (Wildman–Crippen MR) is 182 cm³/mol. The fraction of sp³-hybridized carbons (Fsp3) is 0.222. The van der Waals surface area contributed by atoms with Crippen LogP contribution in [0.15, 0.2) is 101 Å². The molecule has 1 aromatic heterocycles. The van der Waals surface area contributed by atoms with Crippen LogP contribution in [0.1, 0.15) is 27.0 Å². The zero-order chi connectivity index (χ0) is 33.3. The fourth-order valence-corrected chi connectivity index (χ4v) is 5.39. The first kappa shape index (κ1) is 33.0. The van der Waals surface area contributed by atoms with E-state index < -0.39 is 11.2 Å². The van der Waals surface area contributed by atoms with E-state index in [1.54, 1.807) is 68.8 Å². The van der Waals surface area contributed by atoms with Crippen molar-refractivity contribution in [2.45, 2.75) is 25.9 Å². The highest BCUT2D eigenvalue weighted by molar-refractivity contribution is 6.30. The van der Waals surface area contributed by atoms with Gasteiger partial charge in [-0.3, -0.25) is 23.5 Å². The number of nitrogens with one attached hydrogen (secondary N) is 2. The van der Waals surface area contributed by atoms with Gasteiger partial charge in [-0.1, -0.05) is 54.1 Å². The lowest BCUT2D eigenvalue weighted by molar-refractivity contribution is -0.121. The van der Waals surface area contributed by atoms with Crippen molar-refractivity contribution in [3.63, 3.8) is 0 Å². The van der Waals surface area contributed by atoms with Crippen LogP contribution in [0, 0.1) is 0 Å². The molecule has 0 atom stereocenters. The second-order valence-corrected chi connectivity index (χ2v) is 11.3. The van der Waals surface area contributed by atoms with Gasteiger partial charge in [0.1, 0.15) is 6.54 Å². The van der Waals surface area contributed by atoms with Crippen LogP contribution in [0.25, 0.3) is 10.9 Å². The number of carbonyl (C=O) groups is 2. The summed E-state index contributed by atoms with van der Waals surface area (Å²) in [6.07, 6.45) is 1.20. The smallest absolute Gasteiger partial charge is 0.332 e. The van der Waals surface area contributed by atoms with Crippen molar-refractivity contribution in [2.75, 3.05) is 27.3 Å². The van der Waals surface area contributed by atoms with Crippen LogP contribution in [0.4, 0.5) is 0 Å². The molecule has 0 aliphatic rings. The van der Waals surface area contributed by atoms with E-state index in [-0.39, 0.29) is 24.9 Å². The molecule has 47 heavy (non-hydrogen) atoms. The molecule has 2 amide bonds. The highest BCUT2D eigenvalue weighted by atomic mass is 35.5. The summed E-state index contributed by atoms with van der Waals surface area (Å²) in [6.45, 7) is 0.502. The summed E-state index contributed by atoms with van der Waals surface area (Å²) in [5.74, 6) is 0.617. The number of para-hydroxylation sites is 1. The summed E-state index contributed by atoms with van der Waals surface area (Å²) >= 11 is 5.93. The molecule has 5 rings (SSSR count). The van der Waals surface area contributed by atoms with Crippen molar-refractivity contribution in [3.05, 3.63) is 139 Å². The molecular formula is C36H35ClN4O6. The Morgan fingerprint density at radius 1 is 0.723 bits per heavy atom. The summed E-state index contributed by atoms with van der Waals surface area (Å²) in [4.78, 5) is 52.7. The SMILES string of the molecule is COc1ccc(CCNC(=O)Cn2c(=O)n(Cc3ccc(C(=O)NCCc4ccc(Cl)cc4)cc3)c(=O)c3ccccc32)cc1OC. The number of fused-ring (bicyclic) bond motifs is 1. The van der Waals surface area contributed by atoms with Crippen molar-refractivity contribution in [1.82, 2.24) is 19.8 Å². The van der Waals surface area contributed by atoms with Gasteiger partial charge >= 0.3 is 5.69 Å². The Morgan fingerprint density at radius 2 is 1.36 bits per heavy atom. The van der Waals surface area contributed by atoms with Gasteiger partial charge in [0.25, 0.3) is 11.5 Å². The summed E-state index contributed by atoms with van der Waals surface area (Å²) in [5.41, 5.74) is 2.43. The number of rotatable bonds is 13. The number of nitrogens with zero attached hydrogens (tertiary/aromatic N) is 2. The summed E-state index contributed by atoms with van der Waals surface area (Å²) in [5, 5.41) is 6.74. The highest BCUT2D eigenvalue weighted by Crippen LogP contribution is 2.27. The van der Waals surface area contributed by atoms with Crippen LogP contribution in [0.2, 0.25) is 5.02 Å². The number of ether oxygens (including phenoxy) is 2. The van der Waals surface area contributed by atoms with E-state index in [4.69, 9.17) is 21.1 Å². The highest BCUT2D eigenvalue weighted by Gasteiger charge is 2.16. The third kappa shape index (κ3) is 8.09. The zero-order valence-corrected chi connectivity index (χ0v) is 26.9. The quantitative estimate of drug-likeness (QED) is 0.196. The van der Waals surface area contributed by atoms with Gasteiger partial charge in [0.05, 0.1) is 31.7 Å². The number of amides is 2. The normalized spacial score (nSPS) is 10.9. The number of benzene rings is 4. The van der Waals surface area contributed by atoms with E-state index in [1.165, 1.54) is 4.57 Å². The number of methoxy groups -OCH3 is 2. The van der Waals surface area contributed by atoms with Crippen LogP contribution in [-0.2, 0) is 30.7 Å². The largest absolute Gasteiger partial charge is 0.493 e. The number of aromatic nitrogens is 2. The Hall–Kier alpha value is -5.35. The second-order valence-electron chi connectivity index (χ2n) is 10.9. The molecule has 10 nitrogen and oxygen atoms in total. The lowest BCUT2D eigenvalue weighted by Crippen LogP contribution is -2.43. The van der Waals surface area contributed by atoms with E-state index in [0.29, 0.717) is 64.5 Å². The summed E-state index contributed by atoms with van der Waals surface area (Å²) < 4.78 is 13.0. The zero-order valence-electron chi connectivity index (χ0n) is 26.1. The molecule has 0 radical (unpaired) electrons. The maximum absolute atomic E-state index is 13.6. The van der Waals surface area contributed by atoms with E-state index in [1.807, 2.05) is 36.4 Å². The Kier molecular flexibility index (Phi) is 10.7. The second kappa shape index (κ2) is 15.3. The third-order valence-corrected chi connectivity index (χ3v) is 8.04. The topological polar surface area (TPSA) is 121 Å². The fourth-order valence-electron chi connectivity index (χ4n) is 5.26. The Balaban J connectivity index is 1.26.